The van der Waals surface area contributed by atoms with E-state index in [0.29, 0.717) is 34.6 Å². The highest BCUT2D eigenvalue weighted by Crippen LogP contribution is 2.47. The third-order valence-corrected chi connectivity index (χ3v) is 4.68. The first kappa shape index (κ1) is 16.0. The second kappa shape index (κ2) is 6.40. The molecular formula is C18H17FN4OS. The van der Waals surface area contributed by atoms with Gasteiger partial charge in [-0.15, -0.1) is 0 Å². The van der Waals surface area contributed by atoms with Crippen molar-refractivity contribution in [1.82, 2.24) is 14.9 Å². The topological polar surface area (TPSA) is 59.1 Å². The molecule has 5 nitrogen and oxygen atoms in total. The van der Waals surface area contributed by atoms with E-state index >= 15 is 0 Å². The number of nitrogens with zero attached hydrogens (tertiary/aromatic N) is 3. The van der Waals surface area contributed by atoms with Crippen molar-refractivity contribution in [3.8, 4) is 0 Å². The Bertz CT molecular complexity index is 970. The first-order chi connectivity index (χ1) is 12.1. The molecule has 1 aliphatic rings. The molecule has 0 unspecified atom stereocenters. The predicted octanol–water partition coefficient (Wildman–Crippen LogP) is 4.27. The summed E-state index contributed by atoms with van der Waals surface area (Å²) in [4.78, 5) is 0. The van der Waals surface area contributed by atoms with E-state index in [9.17, 15) is 4.39 Å². The molecule has 0 bridgehead atoms. The zero-order valence-electron chi connectivity index (χ0n) is 13.6. The Labute approximate surface area is 149 Å². The van der Waals surface area contributed by atoms with Gasteiger partial charge in [0.1, 0.15) is 17.3 Å². The van der Waals surface area contributed by atoms with Crippen LogP contribution in [0.15, 0.2) is 45.9 Å². The summed E-state index contributed by atoms with van der Waals surface area (Å²) in [5.41, 5.74) is 0.926. The number of halogens is 1. The van der Waals surface area contributed by atoms with E-state index in [1.54, 1.807) is 23.0 Å². The summed E-state index contributed by atoms with van der Waals surface area (Å²) in [6.45, 7) is 2.22. The van der Waals surface area contributed by atoms with E-state index in [0.717, 1.165) is 11.3 Å². The minimum Gasteiger partial charge on any atom is -0.460 e. The fraction of sp³-hybridized carbons (Fsp3) is 0.278. The van der Waals surface area contributed by atoms with E-state index in [-0.39, 0.29) is 5.82 Å². The van der Waals surface area contributed by atoms with Crippen LogP contribution in [0.1, 0.15) is 42.2 Å². The van der Waals surface area contributed by atoms with Gasteiger partial charge in [0, 0.05) is 12.3 Å². The van der Waals surface area contributed by atoms with Crippen molar-refractivity contribution in [2.45, 2.75) is 25.7 Å². The second-order valence-corrected chi connectivity index (χ2v) is 6.75. The van der Waals surface area contributed by atoms with Crippen LogP contribution in [0.5, 0.6) is 0 Å². The van der Waals surface area contributed by atoms with Crippen LogP contribution in [0, 0.1) is 16.5 Å². The summed E-state index contributed by atoms with van der Waals surface area (Å²) in [6.07, 6.45) is 3.31. The largest absolute Gasteiger partial charge is 0.460 e. The zero-order valence-corrected chi connectivity index (χ0v) is 14.5. The Balaban J connectivity index is 1.54. The predicted molar refractivity (Wildman–Crippen MR) is 94.8 cm³/mol. The first-order valence-corrected chi connectivity index (χ1v) is 8.56. The molecule has 0 spiro atoms. The van der Waals surface area contributed by atoms with E-state index < -0.39 is 0 Å². The minimum atomic E-state index is -0.265. The van der Waals surface area contributed by atoms with Crippen molar-refractivity contribution >= 4 is 18.4 Å². The second-order valence-electron chi connectivity index (χ2n) is 6.36. The van der Waals surface area contributed by atoms with E-state index in [4.69, 9.17) is 16.6 Å². The standard InChI is InChI=1S/C18H17FN4OS/c1-11-8-15(11)16-7-6-14(24-16)10-20-23-17(21-22-18(23)25)9-12-2-4-13(19)5-3-12/h2-7,10-11,15H,8-9H2,1H3,(H,22,25)/b20-10-/t11-,15+/m0/s1. The number of benzene rings is 1. The molecule has 1 saturated carbocycles. The number of hydrogen-bond acceptors (Lipinski definition) is 4. The number of H-pyrrole nitrogens is 1. The lowest BCUT2D eigenvalue weighted by Gasteiger charge is -2.01. The van der Waals surface area contributed by atoms with Gasteiger partial charge in [-0.3, -0.25) is 5.10 Å². The van der Waals surface area contributed by atoms with Crippen LogP contribution in [-0.2, 0) is 6.42 Å². The van der Waals surface area contributed by atoms with Crippen molar-refractivity contribution in [3.05, 3.63) is 69.9 Å². The Morgan fingerprint density at radius 1 is 1.36 bits per heavy atom. The van der Waals surface area contributed by atoms with Crippen molar-refractivity contribution in [3.63, 3.8) is 0 Å². The molecule has 2 atom stereocenters. The SMILES string of the molecule is C[C@H]1C[C@H]1c1ccc(/C=N\n2c(Cc3ccc(F)cc3)n[nH]c2=S)o1. The lowest BCUT2D eigenvalue weighted by molar-refractivity contribution is 0.500. The normalized spacial score (nSPS) is 19.6. The number of rotatable bonds is 5. The third-order valence-electron chi connectivity index (χ3n) is 4.42. The third kappa shape index (κ3) is 3.46. The Kier molecular flexibility index (Phi) is 4.09. The van der Waals surface area contributed by atoms with E-state index in [1.165, 1.54) is 18.6 Å². The average Bonchev–Trinajstić information content (AvgIpc) is 3.01. The fourth-order valence-corrected chi connectivity index (χ4v) is 3.01. The maximum Gasteiger partial charge on any atom is 0.216 e. The summed E-state index contributed by atoms with van der Waals surface area (Å²) >= 11 is 5.24. The van der Waals surface area contributed by atoms with Crippen molar-refractivity contribution in [1.29, 1.82) is 0 Å². The molecule has 4 rings (SSSR count). The lowest BCUT2D eigenvalue weighted by atomic mass is 10.1. The molecule has 7 heteroatoms. The highest BCUT2D eigenvalue weighted by Gasteiger charge is 2.36. The van der Waals surface area contributed by atoms with Crippen LogP contribution in [-0.4, -0.2) is 21.1 Å². The first-order valence-electron chi connectivity index (χ1n) is 8.15. The molecule has 3 aromatic rings. The number of nitrogens with one attached hydrogen (secondary N) is 1. The summed E-state index contributed by atoms with van der Waals surface area (Å²) in [5, 5.41) is 11.3. The fourth-order valence-electron chi connectivity index (χ4n) is 2.81. The lowest BCUT2D eigenvalue weighted by Crippen LogP contribution is -2.00. The number of furan rings is 1. The van der Waals surface area contributed by atoms with Gasteiger partial charge in [0.2, 0.25) is 4.77 Å². The highest BCUT2D eigenvalue weighted by atomic mass is 32.1. The van der Waals surface area contributed by atoms with E-state index in [2.05, 4.69) is 22.2 Å². The smallest absolute Gasteiger partial charge is 0.216 e. The summed E-state index contributed by atoms with van der Waals surface area (Å²) in [6, 6.07) is 10.2. The maximum atomic E-state index is 13.0. The molecular weight excluding hydrogens is 339 g/mol. The maximum absolute atomic E-state index is 13.0. The molecule has 1 aliphatic carbocycles. The summed E-state index contributed by atoms with van der Waals surface area (Å²) in [5.74, 6) is 3.31. The van der Waals surface area contributed by atoms with Crippen molar-refractivity contribution in [2.24, 2.45) is 11.0 Å². The average molecular weight is 356 g/mol. The molecule has 25 heavy (non-hydrogen) atoms. The molecule has 2 heterocycles. The van der Waals surface area contributed by atoms with Gasteiger partial charge in [-0.2, -0.15) is 14.9 Å². The quantitative estimate of drug-likeness (QED) is 0.549. The molecule has 2 aromatic heterocycles. The van der Waals surface area contributed by atoms with Gasteiger partial charge < -0.3 is 4.42 Å². The summed E-state index contributed by atoms with van der Waals surface area (Å²) in [7, 11) is 0. The van der Waals surface area contributed by atoms with Gasteiger partial charge in [-0.1, -0.05) is 19.1 Å². The zero-order chi connectivity index (χ0) is 17.4. The number of aromatic nitrogens is 3. The van der Waals surface area contributed by atoms with Gasteiger partial charge in [0.05, 0.1) is 6.21 Å². The molecule has 0 saturated heterocycles. The Morgan fingerprint density at radius 2 is 2.12 bits per heavy atom. The van der Waals surface area contributed by atoms with Gasteiger partial charge >= 0.3 is 0 Å². The van der Waals surface area contributed by atoms with Gasteiger partial charge in [0.15, 0.2) is 5.82 Å². The molecule has 0 radical (unpaired) electrons. The Morgan fingerprint density at radius 3 is 2.84 bits per heavy atom. The molecule has 0 aliphatic heterocycles. The monoisotopic (exact) mass is 356 g/mol. The molecule has 0 amide bonds. The van der Waals surface area contributed by atoms with E-state index in [1.807, 2.05) is 12.1 Å². The minimum absolute atomic E-state index is 0.265. The molecule has 1 N–H and O–H groups in total. The number of hydrogen-bond donors (Lipinski definition) is 1. The molecule has 1 fully saturated rings. The molecule has 1 aromatic carbocycles. The van der Waals surface area contributed by atoms with Gasteiger partial charge in [0.25, 0.3) is 0 Å². The van der Waals surface area contributed by atoms with Crippen LogP contribution in [0.3, 0.4) is 0 Å². The van der Waals surface area contributed by atoms with Crippen molar-refractivity contribution < 1.29 is 8.81 Å². The van der Waals surface area contributed by atoms with Gasteiger partial charge in [-0.05, 0) is 54.4 Å². The van der Waals surface area contributed by atoms with Crippen LogP contribution >= 0.6 is 12.2 Å². The summed E-state index contributed by atoms with van der Waals surface area (Å²) < 4.78 is 20.8. The Hall–Kier alpha value is -2.54. The van der Waals surface area contributed by atoms with Crippen LogP contribution in [0.2, 0.25) is 0 Å². The van der Waals surface area contributed by atoms with Crippen LogP contribution < -0.4 is 0 Å². The van der Waals surface area contributed by atoms with Crippen LogP contribution in [0.4, 0.5) is 4.39 Å². The molecule has 128 valence electrons. The number of aromatic amines is 1. The van der Waals surface area contributed by atoms with Crippen molar-refractivity contribution in [2.75, 3.05) is 0 Å². The highest BCUT2D eigenvalue weighted by molar-refractivity contribution is 7.71. The van der Waals surface area contributed by atoms with Crippen LogP contribution in [0.25, 0.3) is 0 Å². The van der Waals surface area contributed by atoms with Gasteiger partial charge in [-0.25, -0.2) is 4.39 Å².